The summed E-state index contributed by atoms with van der Waals surface area (Å²) in [5.74, 6) is 1.80. The molecule has 0 bridgehead atoms. The Bertz CT molecular complexity index is 549. The molecule has 0 aliphatic rings. The number of benzene rings is 2. The van der Waals surface area contributed by atoms with Crippen molar-refractivity contribution in [1.82, 2.24) is 0 Å². The average molecular weight is 285 g/mol. The topological polar surface area (TPSA) is 30.5 Å². The van der Waals surface area contributed by atoms with E-state index in [9.17, 15) is 0 Å². The zero-order valence-electron chi connectivity index (χ0n) is 12.9. The van der Waals surface area contributed by atoms with Crippen LogP contribution >= 0.6 is 0 Å². The lowest BCUT2D eigenvalue weighted by atomic mass is 10.2. The first-order valence-corrected chi connectivity index (χ1v) is 7.39. The zero-order chi connectivity index (χ0) is 15.1. The van der Waals surface area contributed by atoms with E-state index in [1.54, 1.807) is 0 Å². The van der Waals surface area contributed by atoms with E-state index < -0.39 is 0 Å². The second kappa shape index (κ2) is 7.58. The third-order valence-electron chi connectivity index (χ3n) is 2.94. The van der Waals surface area contributed by atoms with Gasteiger partial charge in [0.2, 0.25) is 0 Å². The SMILES string of the molecule is CCOc1ccc(CNc2cccc(OC(C)C)c2)cc1. The molecule has 0 amide bonds. The van der Waals surface area contributed by atoms with E-state index in [0.717, 1.165) is 23.7 Å². The second-order valence-corrected chi connectivity index (χ2v) is 5.12. The summed E-state index contributed by atoms with van der Waals surface area (Å²) in [6.45, 7) is 7.51. The van der Waals surface area contributed by atoms with Crippen molar-refractivity contribution in [2.24, 2.45) is 0 Å². The van der Waals surface area contributed by atoms with Crippen LogP contribution in [0, 0.1) is 0 Å². The first kappa shape index (κ1) is 15.2. The monoisotopic (exact) mass is 285 g/mol. The molecule has 112 valence electrons. The van der Waals surface area contributed by atoms with Crippen molar-refractivity contribution in [1.29, 1.82) is 0 Å². The molecule has 0 radical (unpaired) electrons. The van der Waals surface area contributed by atoms with Gasteiger partial charge in [0.25, 0.3) is 0 Å². The van der Waals surface area contributed by atoms with Gasteiger partial charge < -0.3 is 14.8 Å². The predicted octanol–water partition coefficient (Wildman–Crippen LogP) is 4.48. The third-order valence-corrected chi connectivity index (χ3v) is 2.94. The summed E-state index contributed by atoms with van der Waals surface area (Å²) in [5.41, 5.74) is 2.27. The van der Waals surface area contributed by atoms with Crippen LogP contribution in [0.25, 0.3) is 0 Å². The minimum absolute atomic E-state index is 0.186. The van der Waals surface area contributed by atoms with Gasteiger partial charge in [-0.15, -0.1) is 0 Å². The van der Waals surface area contributed by atoms with Crippen molar-refractivity contribution in [3.63, 3.8) is 0 Å². The van der Waals surface area contributed by atoms with Gasteiger partial charge in [-0.3, -0.25) is 0 Å². The number of hydrogen-bond donors (Lipinski definition) is 1. The zero-order valence-corrected chi connectivity index (χ0v) is 12.9. The van der Waals surface area contributed by atoms with Gasteiger partial charge >= 0.3 is 0 Å². The summed E-state index contributed by atoms with van der Waals surface area (Å²) in [4.78, 5) is 0. The van der Waals surface area contributed by atoms with E-state index in [4.69, 9.17) is 9.47 Å². The molecule has 0 spiro atoms. The molecule has 0 atom stereocenters. The Kier molecular flexibility index (Phi) is 5.50. The van der Waals surface area contributed by atoms with E-state index in [1.165, 1.54) is 5.56 Å². The lowest BCUT2D eigenvalue weighted by Gasteiger charge is -2.12. The molecule has 2 rings (SSSR count). The second-order valence-electron chi connectivity index (χ2n) is 5.12. The highest BCUT2D eigenvalue weighted by molar-refractivity contribution is 5.48. The molecule has 1 N–H and O–H groups in total. The van der Waals surface area contributed by atoms with Crippen LogP contribution in [0.5, 0.6) is 11.5 Å². The fourth-order valence-corrected chi connectivity index (χ4v) is 2.03. The molecule has 0 heterocycles. The fraction of sp³-hybridized carbons (Fsp3) is 0.333. The largest absolute Gasteiger partial charge is 0.494 e. The van der Waals surface area contributed by atoms with E-state index in [1.807, 2.05) is 57.2 Å². The lowest BCUT2D eigenvalue weighted by molar-refractivity contribution is 0.242. The maximum atomic E-state index is 5.69. The lowest BCUT2D eigenvalue weighted by Crippen LogP contribution is -2.06. The van der Waals surface area contributed by atoms with Gasteiger partial charge in [-0.05, 0) is 50.6 Å². The summed E-state index contributed by atoms with van der Waals surface area (Å²) < 4.78 is 11.1. The molecular formula is C18H23NO2. The van der Waals surface area contributed by atoms with Crippen LogP contribution in [0.2, 0.25) is 0 Å². The number of nitrogens with one attached hydrogen (secondary N) is 1. The molecule has 21 heavy (non-hydrogen) atoms. The molecule has 0 saturated carbocycles. The summed E-state index contributed by atoms with van der Waals surface area (Å²) in [6.07, 6.45) is 0.186. The molecule has 0 aromatic heterocycles. The Morgan fingerprint density at radius 3 is 2.43 bits per heavy atom. The van der Waals surface area contributed by atoms with Gasteiger partial charge in [0.1, 0.15) is 11.5 Å². The molecule has 0 saturated heterocycles. The van der Waals surface area contributed by atoms with Gasteiger partial charge in [-0.2, -0.15) is 0 Å². The van der Waals surface area contributed by atoms with E-state index >= 15 is 0 Å². The smallest absolute Gasteiger partial charge is 0.121 e. The van der Waals surface area contributed by atoms with Crippen LogP contribution in [-0.4, -0.2) is 12.7 Å². The summed E-state index contributed by atoms with van der Waals surface area (Å²) in [5, 5.41) is 3.41. The van der Waals surface area contributed by atoms with Crippen molar-refractivity contribution in [2.75, 3.05) is 11.9 Å². The third kappa shape index (κ3) is 5.03. The van der Waals surface area contributed by atoms with E-state index in [2.05, 4.69) is 17.4 Å². The van der Waals surface area contributed by atoms with Gasteiger partial charge in [0.15, 0.2) is 0 Å². The molecule has 0 fully saturated rings. The van der Waals surface area contributed by atoms with E-state index in [-0.39, 0.29) is 6.10 Å². The van der Waals surface area contributed by atoms with Gasteiger partial charge in [-0.25, -0.2) is 0 Å². The molecular weight excluding hydrogens is 262 g/mol. The average Bonchev–Trinajstić information content (AvgIpc) is 2.47. The van der Waals surface area contributed by atoms with Crippen molar-refractivity contribution in [2.45, 2.75) is 33.4 Å². The summed E-state index contributed by atoms with van der Waals surface area (Å²) >= 11 is 0. The highest BCUT2D eigenvalue weighted by Gasteiger charge is 2.00. The van der Waals surface area contributed by atoms with Gasteiger partial charge in [-0.1, -0.05) is 18.2 Å². The minimum Gasteiger partial charge on any atom is -0.494 e. The highest BCUT2D eigenvalue weighted by Crippen LogP contribution is 2.19. The number of ether oxygens (including phenoxy) is 2. The van der Waals surface area contributed by atoms with Crippen molar-refractivity contribution >= 4 is 5.69 Å². The van der Waals surface area contributed by atoms with Crippen molar-refractivity contribution in [3.8, 4) is 11.5 Å². The number of rotatable bonds is 7. The normalized spacial score (nSPS) is 10.5. The molecule has 0 aliphatic carbocycles. The minimum atomic E-state index is 0.186. The maximum absolute atomic E-state index is 5.69. The molecule has 3 nitrogen and oxygen atoms in total. The maximum Gasteiger partial charge on any atom is 0.121 e. The summed E-state index contributed by atoms with van der Waals surface area (Å²) in [7, 11) is 0. The van der Waals surface area contributed by atoms with Gasteiger partial charge in [0.05, 0.1) is 12.7 Å². The Morgan fingerprint density at radius 1 is 1.00 bits per heavy atom. The van der Waals surface area contributed by atoms with Crippen molar-refractivity contribution in [3.05, 3.63) is 54.1 Å². The standard InChI is InChI=1S/C18H23NO2/c1-4-20-17-10-8-15(9-11-17)13-19-16-6-5-7-18(12-16)21-14(2)3/h5-12,14,19H,4,13H2,1-3H3. The Morgan fingerprint density at radius 2 is 1.76 bits per heavy atom. The summed E-state index contributed by atoms with van der Waals surface area (Å²) in [6, 6.07) is 16.2. The van der Waals surface area contributed by atoms with Crippen molar-refractivity contribution < 1.29 is 9.47 Å². The van der Waals surface area contributed by atoms with Crippen LogP contribution in [0.3, 0.4) is 0 Å². The molecule has 3 heteroatoms. The van der Waals surface area contributed by atoms with Crippen LogP contribution < -0.4 is 14.8 Å². The molecule has 0 aliphatic heterocycles. The molecule has 2 aromatic carbocycles. The fourth-order valence-electron chi connectivity index (χ4n) is 2.03. The first-order chi connectivity index (χ1) is 10.2. The van der Waals surface area contributed by atoms with Gasteiger partial charge in [0, 0.05) is 18.3 Å². The number of anilines is 1. The van der Waals surface area contributed by atoms with Crippen LogP contribution in [-0.2, 0) is 6.54 Å². The Balaban J connectivity index is 1.93. The quantitative estimate of drug-likeness (QED) is 0.813. The van der Waals surface area contributed by atoms with Crippen LogP contribution in [0.1, 0.15) is 26.3 Å². The predicted molar refractivity (Wildman–Crippen MR) is 87.1 cm³/mol. The molecule has 2 aromatic rings. The van der Waals surface area contributed by atoms with E-state index in [0.29, 0.717) is 6.61 Å². The molecule has 0 unspecified atom stereocenters. The van der Waals surface area contributed by atoms with Crippen LogP contribution in [0.15, 0.2) is 48.5 Å². The highest BCUT2D eigenvalue weighted by atomic mass is 16.5. The Hall–Kier alpha value is -2.16. The first-order valence-electron chi connectivity index (χ1n) is 7.39. The number of hydrogen-bond acceptors (Lipinski definition) is 3. The van der Waals surface area contributed by atoms with Crippen LogP contribution in [0.4, 0.5) is 5.69 Å². The Labute approximate surface area is 126 Å².